The van der Waals surface area contributed by atoms with Crippen molar-refractivity contribution < 1.29 is 4.79 Å². The molecule has 1 aliphatic rings. The first-order chi connectivity index (χ1) is 13.1. The van der Waals surface area contributed by atoms with Crippen LogP contribution in [0.15, 0.2) is 22.3 Å². The molecule has 1 saturated heterocycles. The number of rotatable bonds is 5. The number of carbonyl (C=O) groups is 1. The third kappa shape index (κ3) is 3.77. The summed E-state index contributed by atoms with van der Waals surface area (Å²) >= 11 is 1.60. The van der Waals surface area contributed by atoms with Crippen molar-refractivity contribution in [3.8, 4) is 0 Å². The molecular weight excluding hydrogens is 362 g/mol. The Hall–Kier alpha value is -2.19. The van der Waals surface area contributed by atoms with Gasteiger partial charge >= 0.3 is 0 Å². The molecule has 7 nitrogen and oxygen atoms in total. The van der Waals surface area contributed by atoms with Crippen LogP contribution in [0.2, 0.25) is 0 Å². The van der Waals surface area contributed by atoms with Crippen molar-refractivity contribution in [3.63, 3.8) is 0 Å². The molecule has 27 heavy (non-hydrogen) atoms. The van der Waals surface area contributed by atoms with Gasteiger partial charge < -0.3 is 10.2 Å². The summed E-state index contributed by atoms with van der Waals surface area (Å²) in [7, 11) is 0. The van der Waals surface area contributed by atoms with Gasteiger partial charge in [-0.25, -0.2) is 4.68 Å². The monoisotopic (exact) mass is 387 g/mol. The van der Waals surface area contributed by atoms with Gasteiger partial charge in [0, 0.05) is 13.1 Å². The minimum atomic E-state index is -0.230. The van der Waals surface area contributed by atoms with E-state index in [0.717, 1.165) is 29.9 Å². The summed E-state index contributed by atoms with van der Waals surface area (Å²) < 4.78 is 4.19. The zero-order valence-corrected chi connectivity index (χ0v) is 16.4. The highest BCUT2D eigenvalue weighted by molar-refractivity contribution is 7.17. The first-order valence-corrected chi connectivity index (χ1v) is 10.5. The van der Waals surface area contributed by atoms with Crippen molar-refractivity contribution in [2.45, 2.75) is 39.2 Å². The number of fused-ring (bicyclic) bond motifs is 3. The molecule has 3 aromatic rings. The van der Waals surface area contributed by atoms with Crippen molar-refractivity contribution in [1.82, 2.24) is 24.4 Å². The van der Waals surface area contributed by atoms with Gasteiger partial charge in [0.25, 0.3) is 5.56 Å². The summed E-state index contributed by atoms with van der Waals surface area (Å²) in [4.78, 5) is 27.5. The van der Waals surface area contributed by atoms with Crippen LogP contribution in [-0.4, -0.2) is 51.2 Å². The van der Waals surface area contributed by atoms with Crippen LogP contribution in [0.25, 0.3) is 15.7 Å². The van der Waals surface area contributed by atoms with Gasteiger partial charge in [0.05, 0.1) is 10.2 Å². The van der Waals surface area contributed by atoms with E-state index in [4.69, 9.17) is 0 Å². The average molecular weight is 388 g/mol. The van der Waals surface area contributed by atoms with Crippen LogP contribution in [-0.2, 0) is 11.3 Å². The zero-order valence-electron chi connectivity index (χ0n) is 15.6. The molecule has 8 heteroatoms. The van der Waals surface area contributed by atoms with E-state index in [1.165, 1.54) is 30.4 Å². The predicted molar refractivity (Wildman–Crippen MR) is 107 cm³/mol. The topological polar surface area (TPSA) is 71.6 Å². The number of amides is 1. The first kappa shape index (κ1) is 18.2. The van der Waals surface area contributed by atoms with E-state index in [1.807, 2.05) is 28.8 Å². The van der Waals surface area contributed by atoms with Gasteiger partial charge in [-0.3, -0.25) is 14.0 Å². The minimum absolute atomic E-state index is 0.0466. The summed E-state index contributed by atoms with van der Waals surface area (Å²) in [6.45, 7) is 5.50. The SMILES string of the molecule is Cc1nn(CC(=O)NCCN2CCCCCC2)c(=O)c2cc3sccc3n12. The number of carbonyl (C=O) groups excluding carboxylic acids is 1. The summed E-state index contributed by atoms with van der Waals surface area (Å²) in [5.41, 5.74) is 1.33. The highest BCUT2D eigenvalue weighted by Crippen LogP contribution is 2.24. The Bertz CT molecular complexity index is 1010. The molecule has 0 unspecified atom stereocenters. The van der Waals surface area contributed by atoms with Gasteiger partial charge in [-0.1, -0.05) is 12.8 Å². The molecule has 0 radical (unpaired) electrons. The van der Waals surface area contributed by atoms with Crippen molar-refractivity contribution in [2.24, 2.45) is 0 Å². The van der Waals surface area contributed by atoms with E-state index in [-0.39, 0.29) is 18.0 Å². The summed E-state index contributed by atoms with van der Waals surface area (Å²) in [5, 5.41) is 9.28. The van der Waals surface area contributed by atoms with Gasteiger partial charge in [-0.2, -0.15) is 5.10 Å². The zero-order chi connectivity index (χ0) is 18.8. The van der Waals surface area contributed by atoms with Gasteiger partial charge in [-0.05, 0) is 50.4 Å². The molecule has 0 saturated carbocycles. The molecule has 4 rings (SSSR count). The minimum Gasteiger partial charge on any atom is -0.353 e. The Balaban J connectivity index is 1.42. The number of aromatic nitrogens is 3. The Kier molecular flexibility index (Phi) is 5.27. The molecule has 0 spiro atoms. The fourth-order valence-electron chi connectivity index (χ4n) is 3.84. The van der Waals surface area contributed by atoms with E-state index < -0.39 is 0 Å². The standard InChI is InChI=1S/C19H25N5O2S/c1-14-21-23(19(26)16-12-17-15(24(14)16)6-11-27-17)13-18(25)20-7-10-22-8-4-2-3-5-9-22/h6,11-12H,2-5,7-10,13H2,1H3,(H,20,25). The van der Waals surface area contributed by atoms with E-state index in [2.05, 4.69) is 15.3 Å². The summed E-state index contributed by atoms with van der Waals surface area (Å²) in [6.07, 6.45) is 5.08. The molecule has 1 N–H and O–H groups in total. The van der Waals surface area contributed by atoms with Gasteiger partial charge in [0.1, 0.15) is 17.9 Å². The maximum Gasteiger partial charge on any atom is 0.291 e. The second kappa shape index (κ2) is 7.82. The number of thiophene rings is 1. The number of likely N-dealkylation sites (tertiary alicyclic amines) is 1. The van der Waals surface area contributed by atoms with E-state index >= 15 is 0 Å². The molecule has 0 aromatic carbocycles. The lowest BCUT2D eigenvalue weighted by Gasteiger charge is -2.19. The average Bonchev–Trinajstić information content (AvgIpc) is 3.13. The molecule has 4 heterocycles. The van der Waals surface area contributed by atoms with Crippen LogP contribution in [0.1, 0.15) is 31.5 Å². The van der Waals surface area contributed by atoms with Gasteiger partial charge in [-0.15, -0.1) is 11.3 Å². The van der Waals surface area contributed by atoms with Crippen LogP contribution in [0.3, 0.4) is 0 Å². The quantitative estimate of drug-likeness (QED) is 0.727. The summed E-state index contributed by atoms with van der Waals surface area (Å²) in [5.74, 6) is 0.534. The maximum atomic E-state index is 12.7. The Morgan fingerprint density at radius 3 is 2.78 bits per heavy atom. The second-order valence-electron chi connectivity index (χ2n) is 7.15. The molecule has 0 bridgehead atoms. The van der Waals surface area contributed by atoms with Gasteiger partial charge in [0.2, 0.25) is 5.91 Å². The van der Waals surface area contributed by atoms with Crippen LogP contribution in [0.4, 0.5) is 0 Å². The molecule has 1 fully saturated rings. The maximum absolute atomic E-state index is 12.7. The number of aryl methyl sites for hydroxylation is 1. The number of nitrogens with zero attached hydrogens (tertiary/aromatic N) is 4. The van der Waals surface area contributed by atoms with Crippen molar-refractivity contribution >= 4 is 33.0 Å². The lowest BCUT2D eigenvalue weighted by atomic mass is 10.2. The molecule has 0 atom stereocenters. The molecule has 144 valence electrons. The molecule has 3 aromatic heterocycles. The normalized spacial score (nSPS) is 16.0. The van der Waals surface area contributed by atoms with E-state index in [1.54, 1.807) is 11.3 Å². The fraction of sp³-hybridized carbons (Fsp3) is 0.526. The Morgan fingerprint density at radius 2 is 2.00 bits per heavy atom. The van der Waals surface area contributed by atoms with Gasteiger partial charge in [0.15, 0.2) is 0 Å². The molecule has 0 aliphatic carbocycles. The number of hydrogen-bond acceptors (Lipinski definition) is 5. The Morgan fingerprint density at radius 1 is 1.22 bits per heavy atom. The first-order valence-electron chi connectivity index (χ1n) is 9.59. The van der Waals surface area contributed by atoms with Crippen molar-refractivity contribution in [2.75, 3.05) is 26.2 Å². The lowest BCUT2D eigenvalue weighted by molar-refractivity contribution is -0.121. The fourth-order valence-corrected chi connectivity index (χ4v) is 4.64. The smallest absolute Gasteiger partial charge is 0.291 e. The second-order valence-corrected chi connectivity index (χ2v) is 8.10. The van der Waals surface area contributed by atoms with E-state index in [0.29, 0.717) is 17.9 Å². The Labute approximate surface area is 161 Å². The summed E-state index contributed by atoms with van der Waals surface area (Å²) in [6, 6.07) is 3.87. The third-order valence-electron chi connectivity index (χ3n) is 5.21. The van der Waals surface area contributed by atoms with Crippen molar-refractivity contribution in [1.29, 1.82) is 0 Å². The largest absolute Gasteiger partial charge is 0.353 e. The predicted octanol–water partition coefficient (Wildman–Crippen LogP) is 2.01. The van der Waals surface area contributed by atoms with Crippen molar-refractivity contribution in [3.05, 3.63) is 33.7 Å². The number of nitrogens with one attached hydrogen (secondary N) is 1. The van der Waals surface area contributed by atoms with Crippen LogP contribution < -0.4 is 10.9 Å². The third-order valence-corrected chi connectivity index (χ3v) is 6.06. The highest BCUT2D eigenvalue weighted by Gasteiger charge is 2.15. The lowest BCUT2D eigenvalue weighted by Crippen LogP contribution is -2.39. The number of hydrogen-bond donors (Lipinski definition) is 1. The molecular formula is C19H25N5O2S. The van der Waals surface area contributed by atoms with E-state index in [9.17, 15) is 9.59 Å². The highest BCUT2D eigenvalue weighted by atomic mass is 32.1. The van der Waals surface area contributed by atoms with Crippen LogP contribution in [0, 0.1) is 6.92 Å². The van der Waals surface area contributed by atoms with Crippen LogP contribution in [0.5, 0.6) is 0 Å². The van der Waals surface area contributed by atoms with Crippen LogP contribution >= 0.6 is 11.3 Å². The molecule has 1 aliphatic heterocycles. The molecule has 1 amide bonds.